The molecule has 1 N–H and O–H groups in total. The molecule has 5 rings (SSSR count). The Bertz CT molecular complexity index is 1320. The van der Waals surface area contributed by atoms with Gasteiger partial charge in [0.15, 0.2) is 5.82 Å². The van der Waals surface area contributed by atoms with Crippen LogP contribution in [0, 0.1) is 6.92 Å². The molecule has 0 spiro atoms. The Morgan fingerprint density at radius 1 is 0.929 bits per heavy atom. The summed E-state index contributed by atoms with van der Waals surface area (Å²) in [6.07, 6.45) is 0. The van der Waals surface area contributed by atoms with Gasteiger partial charge in [0.1, 0.15) is 11.2 Å². The summed E-state index contributed by atoms with van der Waals surface area (Å²) in [5.74, 6) is 0.807. The third-order valence-electron chi connectivity index (χ3n) is 4.56. The van der Waals surface area contributed by atoms with E-state index in [-0.39, 0.29) is 5.91 Å². The first-order chi connectivity index (χ1) is 13.7. The van der Waals surface area contributed by atoms with Crippen molar-refractivity contribution in [1.29, 1.82) is 0 Å². The van der Waals surface area contributed by atoms with Crippen LogP contribution in [-0.2, 0) is 0 Å². The fraction of sp³-hybridized carbons (Fsp3) is 0.0455. The van der Waals surface area contributed by atoms with Crippen molar-refractivity contribution in [2.75, 3.05) is 5.32 Å². The van der Waals surface area contributed by atoms with E-state index in [1.54, 1.807) is 31.2 Å². The maximum absolute atomic E-state index is 12.6. The van der Waals surface area contributed by atoms with Gasteiger partial charge in [0, 0.05) is 27.6 Å². The summed E-state index contributed by atoms with van der Waals surface area (Å²) < 4.78 is 11.0. The Morgan fingerprint density at radius 2 is 1.71 bits per heavy atom. The van der Waals surface area contributed by atoms with Gasteiger partial charge in [0.2, 0.25) is 0 Å². The van der Waals surface area contributed by atoms with Crippen LogP contribution in [0.2, 0.25) is 0 Å². The van der Waals surface area contributed by atoms with Crippen LogP contribution in [0.25, 0.3) is 33.4 Å². The Kier molecular flexibility index (Phi) is 3.69. The number of para-hydroxylation sites is 1. The lowest BCUT2D eigenvalue weighted by molar-refractivity contribution is 0.102. The van der Waals surface area contributed by atoms with Gasteiger partial charge in [-0.2, -0.15) is 4.98 Å². The summed E-state index contributed by atoms with van der Waals surface area (Å²) in [6, 6.07) is 20.5. The third kappa shape index (κ3) is 2.81. The molecular formula is C22H15N3O3. The van der Waals surface area contributed by atoms with Crippen LogP contribution in [0.1, 0.15) is 16.2 Å². The van der Waals surface area contributed by atoms with Crippen molar-refractivity contribution in [3.8, 4) is 11.5 Å². The number of fused-ring (bicyclic) bond motifs is 3. The molecule has 1 amide bonds. The van der Waals surface area contributed by atoms with Gasteiger partial charge in [-0.25, -0.2) is 0 Å². The fourth-order valence-corrected chi connectivity index (χ4v) is 3.19. The monoisotopic (exact) mass is 369 g/mol. The van der Waals surface area contributed by atoms with Crippen LogP contribution in [0.3, 0.4) is 0 Å². The third-order valence-corrected chi connectivity index (χ3v) is 4.56. The zero-order valence-electron chi connectivity index (χ0n) is 15.0. The second kappa shape index (κ2) is 6.35. The van der Waals surface area contributed by atoms with E-state index in [1.165, 1.54) is 0 Å². The van der Waals surface area contributed by atoms with Gasteiger partial charge in [0.25, 0.3) is 11.8 Å². The van der Waals surface area contributed by atoms with Crippen LogP contribution in [0.5, 0.6) is 0 Å². The number of benzene rings is 3. The quantitative estimate of drug-likeness (QED) is 0.473. The first kappa shape index (κ1) is 16.3. The number of aromatic nitrogens is 2. The summed E-state index contributed by atoms with van der Waals surface area (Å²) in [4.78, 5) is 16.8. The minimum Gasteiger partial charge on any atom is -0.456 e. The molecule has 5 aromatic rings. The molecule has 0 aliphatic rings. The average Bonchev–Trinajstić information content (AvgIpc) is 3.31. The highest BCUT2D eigenvalue weighted by molar-refractivity contribution is 6.09. The molecule has 0 saturated carbocycles. The van der Waals surface area contributed by atoms with Crippen molar-refractivity contribution in [2.24, 2.45) is 0 Å². The number of nitrogens with one attached hydrogen (secondary N) is 1. The minimum absolute atomic E-state index is 0.194. The molecule has 0 atom stereocenters. The van der Waals surface area contributed by atoms with E-state index in [4.69, 9.17) is 8.94 Å². The van der Waals surface area contributed by atoms with Gasteiger partial charge in [-0.15, -0.1) is 0 Å². The molecule has 0 fully saturated rings. The molecule has 28 heavy (non-hydrogen) atoms. The molecule has 0 radical (unpaired) electrons. The predicted octanol–water partition coefficient (Wildman–Crippen LogP) is 5.20. The van der Waals surface area contributed by atoms with E-state index in [9.17, 15) is 4.79 Å². The second-order valence-electron chi connectivity index (χ2n) is 6.49. The fourth-order valence-electron chi connectivity index (χ4n) is 3.19. The molecule has 0 aliphatic carbocycles. The molecule has 6 nitrogen and oxygen atoms in total. The van der Waals surface area contributed by atoms with Crippen LogP contribution in [-0.4, -0.2) is 16.0 Å². The summed E-state index contributed by atoms with van der Waals surface area (Å²) in [5, 5.41) is 8.70. The number of hydrogen-bond acceptors (Lipinski definition) is 5. The number of amides is 1. The van der Waals surface area contributed by atoms with Crippen LogP contribution in [0.4, 0.5) is 5.69 Å². The van der Waals surface area contributed by atoms with Crippen molar-refractivity contribution in [2.45, 2.75) is 6.92 Å². The Labute approximate surface area is 159 Å². The molecule has 0 unspecified atom stereocenters. The summed E-state index contributed by atoms with van der Waals surface area (Å²) in [7, 11) is 0. The molecular weight excluding hydrogens is 354 g/mol. The summed E-state index contributed by atoms with van der Waals surface area (Å²) >= 11 is 0. The molecule has 136 valence electrons. The average molecular weight is 369 g/mol. The normalized spacial score (nSPS) is 11.2. The van der Waals surface area contributed by atoms with E-state index in [1.807, 2.05) is 42.5 Å². The first-order valence-corrected chi connectivity index (χ1v) is 8.81. The minimum atomic E-state index is -0.194. The smallest absolute Gasteiger partial charge is 0.257 e. The standard InChI is InChI=1S/C22H15N3O3/c1-13-23-22(28-25-13)15-8-6-14(7-9-15)21(26)24-16-10-11-20-18(12-16)17-4-2-3-5-19(17)27-20/h2-12H,1H3,(H,24,26). The molecule has 2 aromatic heterocycles. The maximum Gasteiger partial charge on any atom is 0.257 e. The lowest BCUT2D eigenvalue weighted by Crippen LogP contribution is -2.11. The number of hydrogen-bond donors (Lipinski definition) is 1. The number of carbonyl (C=O) groups excluding carboxylic acids is 1. The highest BCUT2D eigenvalue weighted by Gasteiger charge is 2.11. The van der Waals surface area contributed by atoms with Crippen molar-refractivity contribution in [3.63, 3.8) is 0 Å². The van der Waals surface area contributed by atoms with Gasteiger partial charge in [-0.05, 0) is 55.5 Å². The second-order valence-corrected chi connectivity index (χ2v) is 6.49. The molecule has 2 heterocycles. The van der Waals surface area contributed by atoms with Crippen LogP contribution >= 0.6 is 0 Å². The lowest BCUT2D eigenvalue weighted by atomic mass is 10.1. The number of nitrogens with zero attached hydrogens (tertiary/aromatic N) is 2. The van der Waals surface area contributed by atoms with Crippen molar-refractivity contribution in [1.82, 2.24) is 10.1 Å². The predicted molar refractivity (Wildman–Crippen MR) is 106 cm³/mol. The zero-order chi connectivity index (χ0) is 19.1. The first-order valence-electron chi connectivity index (χ1n) is 8.81. The molecule has 0 bridgehead atoms. The van der Waals surface area contributed by atoms with Crippen molar-refractivity contribution in [3.05, 3.63) is 78.1 Å². The van der Waals surface area contributed by atoms with Gasteiger partial charge in [-0.3, -0.25) is 4.79 Å². The highest BCUT2D eigenvalue weighted by atomic mass is 16.5. The van der Waals surface area contributed by atoms with Gasteiger partial charge < -0.3 is 14.3 Å². The number of aryl methyl sites for hydroxylation is 1. The van der Waals surface area contributed by atoms with Crippen molar-refractivity contribution < 1.29 is 13.7 Å². The largest absolute Gasteiger partial charge is 0.456 e. The number of rotatable bonds is 3. The topological polar surface area (TPSA) is 81.2 Å². The van der Waals surface area contributed by atoms with Gasteiger partial charge in [-0.1, -0.05) is 23.4 Å². The van der Waals surface area contributed by atoms with E-state index in [2.05, 4.69) is 15.5 Å². The molecule has 0 aliphatic heterocycles. The number of carbonyl (C=O) groups is 1. The summed E-state index contributed by atoms with van der Waals surface area (Å²) in [5.41, 5.74) is 3.63. The van der Waals surface area contributed by atoms with Crippen molar-refractivity contribution >= 4 is 33.5 Å². The summed E-state index contributed by atoms with van der Waals surface area (Å²) in [6.45, 7) is 1.76. The lowest BCUT2D eigenvalue weighted by Gasteiger charge is -2.06. The van der Waals surface area contributed by atoms with Gasteiger partial charge in [0.05, 0.1) is 0 Å². The Morgan fingerprint density at radius 3 is 2.50 bits per heavy atom. The molecule has 3 aromatic carbocycles. The molecule has 6 heteroatoms. The SMILES string of the molecule is Cc1noc(-c2ccc(C(=O)Nc3ccc4oc5ccccc5c4c3)cc2)n1. The van der Waals surface area contributed by atoms with Crippen LogP contribution in [0.15, 0.2) is 75.7 Å². The maximum atomic E-state index is 12.6. The van der Waals surface area contributed by atoms with Gasteiger partial charge >= 0.3 is 0 Å². The van der Waals surface area contributed by atoms with E-state index < -0.39 is 0 Å². The van der Waals surface area contributed by atoms with E-state index in [0.29, 0.717) is 23.0 Å². The van der Waals surface area contributed by atoms with E-state index >= 15 is 0 Å². The zero-order valence-corrected chi connectivity index (χ0v) is 15.0. The Hall–Kier alpha value is -3.93. The molecule has 0 saturated heterocycles. The van der Waals surface area contributed by atoms with Crippen LogP contribution < -0.4 is 5.32 Å². The number of furan rings is 1. The highest BCUT2D eigenvalue weighted by Crippen LogP contribution is 2.30. The van der Waals surface area contributed by atoms with E-state index in [0.717, 1.165) is 27.5 Å². The number of anilines is 1. The Balaban J connectivity index is 1.41.